The Kier molecular flexibility index (Phi) is 4.13. The van der Waals surface area contributed by atoms with E-state index in [4.69, 9.17) is 9.31 Å². The van der Waals surface area contributed by atoms with Crippen LogP contribution in [-0.4, -0.2) is 24.0 Å². The second kappa shape index (κ2) is 5.79. The molecule has 1 aliphatic carbocycles. The molecule has 1 heterocycles. The van der Waals surface area contributed by atoms with Gasteiger partial charge >= 0.3 is 7.12 Å². The van der Waals surface area contributed by atoms with Gasteiger partial charge in [0.15, 0.2) is 0 Å². The Bertz CT molecular complexity index is 779. The molecule has 1 aromatic rings. The summed E-state index contributed by atoms with van der Waals surface area (Å²) in [6.07, 6.45) is 0.711. The lowest BCUT2D eigenvalue weighted by Crippen LogP contribution is -2.41. The Morgan fingerprint density at radius 3 is 2.16 bits per heavy atom. The van der Waals surface area contributed by atoms with E-state index in [0.29, 0.717) is 5.56 Å². The summed E-state index contributed by atoms with van der Waals surface area (Å²) < 4.78 is 41.5. The van der Waals surface area contributed by atoms with Gasteiger partial charge in [0, 0.05) is 11.0 Å². The van der Waals surface area contributed by atoms with Gasteiger partial charge in [0.2, 0.25) is 5.67 Å². The number of nitriles is 1. The van der Waals surface area contributed by atoms with Crippen LogP contribution in [0.5, 0.6) is 0 Å². The molecule has 2 aliphatic rings. The normalized spacial score (nSPS) is 27.9. The molecule has 0 amide bonds. The third-order valence-electron chi connectivity index (χ3n) is 5.21. The third-order valence-corrected chi connectivity index (χ3v) is 5.21. The molecule has 1 aromatic carbocycles. The highest BCUT2D eigenvalue weighted by Gasteiger charge is 2.54. The lowest BCUT2D eigenvalue weighted by molar-refractivity contribution is 0.00578. The standard InChI is InChI=1S/C19H20BF2NO2/c1-17(2)18(3,4)25-20(24-17)15-10-14(13-8-6-5-7-9-13)19(22,12-23)11-16(15)21/h5-10H,11H2,1-4H3. The van der Waals surface area contributed by atoms with Crippen molar-refractivity contribution in [1.82, 2.24) is 0 Å². The van der Waals surface area contributed by atoms with E-state index in [0.717, 1.165) is 0 Å². The molecule has 1 aliphatic heterocycles. The number of halogens is 2. The first-order valence-corrected chi connectivity index (χ1v) is 8.22. The molecule has 25 heavy (non-hydrogen) atoms. The van der Waals surface area contributed by atoms with Crippen LogP contribution in [-0.2, 0) is 9.31 Å². The highest BCUT2D eigenvalue weighted by molar-refractivity contribution is 6.56. The Balaban J connectivity index is 2.06. The number of allylic oxidation sites excluding steroid dienone is 4. The summed E-state index contributed by atoms with van der Waals surface area (Å²) in [5, 5.41) is 9.30. The third kappa shape index (κ3) is 2.92. The van der Waals surface area contributed by atoms with Gasteiger partial charge in [-0.15, -0.1) is 0 Å². The van der Waals surface area contributed by atoms with Crippen LogP contribution < -0.4 is 0 Å². The van der Waals surface area contributed by atoms with E-state index in [9.17, 15) is 9.65 Å². The van der Waals surface area contributed by atoms with Gasteiger partial charge in [-0.1, -0.05) is 36.4 Å². The second-order valence-electron chi connectivity index (χ2n) is 7.46. The van der Waals surface area contributed by atoms with E-state index in [2.05, 4.69) is 0 Å². The summed E-state index contributed by atoms with van der Waals surface area (Å²) in [5.74, 6) is -0.720. The van der Waals surface area contributed by atoms with Crippen LogP contribution in [0.1, 0.15) is 39.7 Å². The molecule has 6 heteroatoms. The molecule has 3 rings (SSSR count). The summed E-state index contributed by atoms with van der Waals surface area (Å²) in [6, 6.07) is 10.3. The van der Waals surface area contributed by atoms with Gasteiger partial charge in [0.05, 0.1) is 17.6 Å². The Morgan fingerprint density at radius 2 is 1.64 bits per heavy atom. The topological polar surface area (TPSA) is 42.2 Å². The highest BCUT2D eigenvalue weighted by atomic mass is 19.1. The van der Waals surface area contributed by atoms with Crippen molar-refractivity contribution in [2.24, 2.45) is 0 Å². The monoisotopic (exact) mass is 343 g/mol. The summed E-state index contributed by atoms with van der Waals surface area (Å²) >= 11 is 0. The largest absolute Gasteiger partial charge is 0.497 e. The summed E-state index contributed by atoms with van der Waals surface area (Å²) in [5.41, 5.74) is -2.88. The minimum atomic E-state index is -2.42. The zero-order chi connectivity index (χ0) is 18.5. The molecule has 1 saturated heterocycles. The number of hydrogen-bond donors (Lipinski definition) is 0. The average Bonchev–Trinajstić information content (AvgIpc) is 2.76. The number of rotatable bonds is 2. The minimum Gasteiger partial charge on any atom is -0.399 e. The van der Waals surface area contributed by atoms with E-state index in [1.807, 2.05) is 27.7 Å². The van der Waals surface area contributed by atoms with E-state index in [1.54, 1.807) is 36.4 Å². The SMILES string of the molecule is CC1(C)OB(C2=C(F)CC(F)(C#N)C(c3ccccc3)=C2)OC1(C)C. The van der Waals surface area contributed by atoms with Gasteiger partial charge < -0.3 is 9.31 Å². The smallest absolute Gasteiger partial charge is 0.399 e. The van der Waals surface area contributed by atoms with Gasteiger partial charge in [-0.05, 0) is 33.3 Å². The van der Waals surface area contributed by atoms with Crippen LogP contribution in [0.25, 0.3) is 5.57 Å². The number of nitrogens with zero attached hydrogens (tertiary/aromatic N) is 1. The predicted molar refractivity (Wildman–Crippen MR) is 92.7 cm³/mol. The van der Waals surface area contributed by atoms with Crippen LogP contribution in [0.4, 0.5) is 8.78 Å². The van der Waals surface area contributed by atoms with Gasteiger partial charge in [-0.3, -0.25) is 0 Å². The zero-order valence-electron chi connectivity index (χ0n) is 14.8. The molecular formula is C19H20BF2NO2. The molecule has 0 aromatic heterocycles. The highest BCUT2D eigenvalue weighted by Crippen LogP contribution is 2.45. The maximum Gasteiger partial charge on any atom is 0.497 e. The molecule has 1 atom stereocenters. The van der Waals surface area contributed by atoms with Crippen molar-refractivity contribution in [2.45, 2.75) is 51.0 Å². The predicted octanol–water partition coefficient (Wildman–Crippen LogP) is 4.56. The average molecular weight is 343 g/mol. The molecule has 130 valence electrons. The fraction of sp³-hybridized carbons (Fsp3) is 0.421. The lowest BCUT2D eigenvalue weighted by atomic mass is 9.70. The Hall–Kier alpha value is -1.97. The van der Waals surface area contributed by atoms with Crippen LogP contribution in [0, 0.1) is 11.3 Å². The van der Waals surface area contributed by atoms with Crippen molar-refractivity contribution in [3.8, 4) is 6.07 Å². The van der Waals surface area contributed by atoms with Crippen LogP contribution in [0.15, 0.2) is 47.7 Å². The van der Waals surface area contributed by atoms with Crippen LogP contribution in [0.3, 0.4) is 0 Å². The zero-order valence-corrected chi connectivity index (χ0v) is 14.8. The van der Waals surface area contributed by atoms with Gasteiger partial charge in [-0.2, -0.15) is 5.26 Å². The maximum atomic E-state index is 15.1. The van der Waals surface area contributed by atoms with Gasteiger partial charge in [-0.25, -0.2) is 8.78 Å². The van der Waals surface area contributed by atoms with Gasteiger partial charge in [0.25, 0.3) is 0 Å². The quantitative estimate of drug-likeness (QED) is 0.740. The Labute approximate surface area is 147 Å². The summed E-state index contributed by atoms with van der Waals surface area (Å²) in [7, 11) is -0.938. The summed E-state index contributed by atoms with van der Waals surface area (Å²) in [4.78, 5) is 0. The summed E-state index contributed by atoms with van der Waals surface area (Å²) in [6.45, 7) is 7.46. The second-order valence-corrected chi connectivity index (χ2v) is 7.46. The molecule has 0 bridgehead atoms. The van der Waals surface area contributed by atoms with E-state index in [1.165, 1.54) is 6.08 Å². The molecule has 1 unspecified atom stereocenters. The lowest BCUT2D eigenvalue weighted by Gasteiger charge is -2.32. The molecule has 0 saturated carbocycles. The number of alkyl halides is 1. The molecule has 1 fully saturated rings. The first-order valence-electron chi connectivity index (χ1n) is 8.22. The molecule has 0 N–H and O–H groups in total. The van der Waals surface area contributed by atoms with Crippen molar-refractivity contribution in [3.63, 3.8) is 0 Å². The molecule has 0 radical (unpaired) electrons. The minimum absolute atomic E-state index is 0.127. The van der Waals surface area contributed by atoms with Crippen molar-refractivity contribution >= 4 is 12.7 Å². The molecule has 0 spiro atoms. The van der Waals surface area contributed by atoms with Crippen molar-refractivity contribution in [3.05, 3.63) is 53.3 Å². The number of hydrogen-bond acceptors (Lipinski definition) is 3. The van der Waals surface area contributed by atoms with Crippen LogP contribution in [0.2, 0.25) is 0 Å². The fourth-order valence-corrected chi connectivity index (χ4v) is 2.95. The fourth-order valence-electron chi connectivity index (χ4n) is 2.95. The number of benzene rings is 1. The van der Waals surface area contributed by atoms with Crippen molar-refractivity contribution in [2.75, 3.05) is 0 Å². The first kappa shape index (κ1) is 17.8. The Morgan fingerprint density at radius 1 is 1.08 bits per heavy atom. The van der Waals surface area contributed by atoms with Crippen LogP contribution >= 0.6 is 0 Å². The van der Waals surface area contributed by atoms with E-state index < -0.39 is 36.2 Å². The van der Waals surface area contributed by atoms with Crippen molar-refractivity contribution < 1.29 is 18.1 Å². The van der Waals surface area contributed by atoms with Gasteiger partial charge in [0.1, 0.15) is 11.9 Å². The van der Waals surface area contributed by atoms with Crippen molar-refractivity contribution in [1.29, 1.82) is 5.26 Å². The first-order chi connectivity index (χ1) is 11.6. The van der Waals surface area contributed by atoms with E-state index >= 15 is 4.39 Å². The molecule has 3 nitrogen and oxygen atoms in total. The molecular weight excluding hydrogens is 323 g/mol. The van der Waals surface area contributed by atoms with E-state index in [-0.39, 0.29) is 11.0 Å². The maximum absolute atomic E-state index is 15.1.